The summed E-state index contributed by atoms with van der Waals surface area (Å²) in [6.45, 7) is 5.72. The molecular weight excluding hydrogens is 306 g/mol. The van der Waals surface area contributed by atoms with Crippen LogP contribution in [0.5, 0.6) is 11.6 Å². The van der Waals surface area contributed by atoms with Gasteiger partial charge in [-0.2, -0.15) is 0 Å². The molecule has 1 unspecified atom stereocenters. The van der Waals surface area contributed by atoms with Gasteiger partial charge in [0.2, 0.25) is 5.88 Å². The minimum absolute atomic E-state index is 0.443. The van der Waals surface area contributed by atoms with Crippen molar-refractivity contribution in [2.45, 2.75) is 26.9 Å². The monoisotopic (exact) mass is 321 g/mol. The third kappa shape index (κ3) is 3.14. The molecular formula is C15H16BrNO2. The number of pyridine rings is 1. The molecule has 0 saturated heterocycles. The lowest BCUT2D eigenvalue weighted by Crippen LogP contribution is -1.98. The van der Waals surface area contributed by atoms with Gasteiger partial charge in [-0.3, -0.25) is 0 Å². The molecule has 0 spiro atoms. The molecule has 1 heterocycles. The molecule has 1 aromatic carbocycles. The van der Waals surface area contributed by atoms with E-state index < -0.39 is 6.10 Å². The van der Waals surface area contributed by atoms with Crippen LogP contribution in [0.4, 0.5) is 0 Å². The predicted octanol–water partition coefficient (Wildman–Crippen LogP) is 4.31. The van der Waals surface area contributed by atoms with Gasteiger partial charge in [0.05, 0.1) is 6.10 Å². The van der Waals surface area contributed by atoms with Crippen LogP contribution < -0.4 is 4.74 Å². The Morgan fingerprint density at radius 1 is 1.26 bits per heavy atom. The Balaban J connectivity index is 2.37. The van der Waals surface area contributed by atoms with Gasteiger partial charge in [0.15, 0.2) is 0 Å². The average Bonchev–Trinajstić information content (AvgIpc) is 2.36. The number of nitrogens with zero attached hydrogens (tertiary/aromatic N) is 1. The Bertz CT molecular complexity index is 573. The number of hydrogen-bond donors (Lipinski definition) is 1. The zero-order valence-electron chi connectivity index (χ0n) is 11.1. The molecule has 0 radical (unpaired) electrons. The maximum Gasteiger partial charge on any atom is 0.225 e. The molecule has 19 heavy (non-hydrogen) atoms. The highest BCUT2D eigenvalue weighted by molar-refractivity contribution is 9.10. The van der Waals surface area contributed by atoms with Crippen LogP contribution >= 0.6 is 15.9 Å². The zero-order chi connectivity index (χ0) is 14.0. The minimum Gasteiger partial charge on any atom is -0.439 e. The van der Waals surface area contributed by atoms with Crippen LogP contribution in [0.1, 0.15) is 29.7 Å². The van der Waals surface area contributed by atoms with Gasteiger partial charge in [-0.1, -0.05) is 15.9 Å². The summed E-state index contributed by atoms with van der Waals surface area (Å²) in [6, 6.07) is 7.48. The second-order valence-corrected chi connectivity index (χ2v) is 5.34. The highest BCUT2D eigenvalue weighted by atomic mass is 79.9. The number of ether oxygens (including phenoxy) is 1. The Hall–Kier alpha value is -1.39. The number of hydrogen-bond acceptors (Lipinski definition) is 3. The van der Waals surface area contributed by atoms with Crippen LogP contribution in [-0.4, -0.2) is 10.1 Å². The summed E-state index contributed by atoms with van der Waals surface area (Å²) >= 11 is 3.53. The van der Waals surface area contributed by atoms with Gasteiger partial charge in [-0.25, -0.2) is 4.98 Å². The predicted molar refractivity (Wildman–Crippen MR) is 78.6 cm³/mol. The summed E-state index contributed by atoms with van der Waals surface area (Å²) in [7, 11) is 0. The van der Waals surface area contributed by atoms with E-state index in [4.69, 9.17) is 4.74 Å². The first kappa shape index (κ1) is 14.0. The summed E-state index contributed by atoms with van der Waals surface area (Å²) in [5.41, 5.74) is 2.88. The first-order chi connectivity index (χ1) is 8.99. The molecule has 0 fully saturated rings. The standard InChI is InChI=1S/C15H16BrNO2/c1-9-7-12(8-10(2)14(9)16)19-15-13(11(3)18)5-4-6-17-15/h4-8,11,18H,1-3H3. The second kappa shape index (κ2) is 5.72. The van der Waals surface area contributed by atoms with Gasteiger partial charge >= 0.3 is 0 Å². The first-order valence-corrected chi connectivity index (χ1v) is 6.86. The molecule has 0 aliphatic heterocycles. The van der Waals surface area contributed by atoms with Crippen molar-refractivity contribution in [2.24, 2.45) is 0 Å². The van der Waals surface area contributed by atoms with E-state index in [0.29, 0.717) is 11.4 Å². The maximum atomic E-state index is 9.71. The van der Waals surface area contributed by atoms with Gasteiger partial charge in [0.25, 0.3) is 0 Å². The topological polar surface area (TPSA) is 42.4 Å². The number of aliphatic hydroxyl groups is 1. The normalized spacial score (nSPS) is 12.3. The molecule has 0 amide bonds. The Morgan fingerprint density at radius 3 is 2.47 bits per heavy atom. The van der Waals surface area contributed by atoms with Crippen molar-refractivity contribution < 1.29 is 9.84 Å². The molecule has 4 heteroatoms. The summed E-state index contributed by atoms with van der Waals surface area (Å²) < 4.78 is 6.88. The Labute approximate surface area is 121 Å². The molecule has 2 rings (SSSR count). The number of aromatic nitrogens is 1. The smallest absolute Gasteiger partial charge is 0.225 e. The van der Waals surface area contributed by atoms with E-state index in [9.17, 15) is 5.11 Å². The van der Waals surface area contributed by atoms with Crippen LogP contribution in [0.25, 0.3) is 0 Å². The lowest BCUT2D eigenvalue weighted by molar-refractivity contribution is 0.194. The summed E-state index contributed by atoms with van der Waals surface area (Å²) in [5.74, 6) is 1.16. The Morgan fingerprint density at radius 2 is 1.89 bits per heavy atom. The highest BCUT2D eigenvalue weighted by Crippen LogP contribution is 2.31. The van der Waals surface area contributed by atoms with Crippen LogP contribution in [0.2, 0.25) is 0 Å². The highest BCUT2D eigenvalue weighted by Gasteiger charge is 2.12. The average molecular weight is 322 g/mol. The quantitative estimate of drug-likeness (QED) is 0.916. The third-order valence-corrected chi connectivity index (χ3v) is 4.13. The van der Waals surface area contributed by atoms with E-state index in [-0.39, 0.29) is 0 Å². The fraction of sp³-hybridized carbons (Fsp3) is 0.267. The molecule has 1 aromatic heterocycles. The van der Waals surface area contributed by atoms with E-state index in [1.807, 2.05) is 32.0 Å². The number of aryl methyl sites for hydroxylation is 2. The molecule has 100 valence electrons. The van der Waals surface area contributed by atoms with Crippen molar-refractivity contribution in [3.8, 4) is 11.6 Å². The van der Waals surface area contributed by atoms with Crippen molar-refractivity contribution in [3.05, 3.63) is 51.6 Å². The molecule has 0 aliphatic carbocycles. The molecule has 0 aliphatic rings. The van der Waals surface area contributed by atoms with Gasteiger partial charge < -0.3 is 9.84 Å². The van der Waals surface area contributed by atoms with E-state index in [1.165, 1.54) is 0 Å². The zero-order valence-corrected chi connectivity index (χ0v) is 12.7. The van der Waals surface area contributed by atoms with E-state index in [0.717, 1.165) is 21.3 Å². The van der Waals surface area contributed by atoms with Gasteiger partial charge in [-0.15, -0.1) is 0 Å². The van der Waals surface area contributed by atoms with Crippen molar-refractivity contribution in [1.82, 2.24) is 4.98 Å². The van der Waals surface area contributed by atoms with Gasteiger partial charge in [0.1, 0.15) is 5.75 Å². The minimum atomic E-state index is -0.610. The largest absolute Gasteiger partial charge is 0.439 e. The van der Waals surface area contributed by atoms with Crippen LogP contribution in [-0.2, 0) is 0 Å². The maximum absolute atomic E-state index is 9.71. The van der Waals surface area contributed by atoms with Crippen LogP contribution in [0, 0.1) is 13.8 Å². The van der Waals surface area contributed by atoms with Crippen molar-refractivity contribution in [1.29, 1.82) is 0 Å². The lowest BCUT2D eigenvalue weighted by Gasteiger charge is -2.13. The van der Waals surface area contributed by atoms with E-state index in [2.05, 4.69) is 20.9 Å². The summed E-state index contributed by atoms with van der Waals surface area (Å²) in [6.07, 6.45) is 1.04. The molecule has 0 bridgehead atoms. The molecule has 1 atom stereocenters. The number of halogens is 1. The third-order valence-electron chi connectivity index (χ3n) is 2.88. The van der Waals surface area contributed by atoms with Crippen LogP contribution in [0.15, 0.2) is 34.9 Å². The summed E-state index contributed by atoms with van der Waals surface area (Å²) in [4.78, 5) is 4.18. The van der Waals surface area contributed by atoms with Gasteiger partial charge in [-0.05, 0) is 56.2 Å². The number of aliphatic hydroxyl groups excluding tert-OH is 1. The van der Waals surface area contributed by atoms with E-state index >= 15 is 0 Å². The lowest BCUT2D eigenvalue weighted by atomic mass is 10.1. The van der Waals surface area contributed by atoms with Crippen molar-refractivity contribution >= 4 is 15.9 Å². The number of rotatable bonds is 3. The van der Waals surface area contributed by atoms with Gasteiger partial charge in [0, 0.05) is 16.2 Å². The fourth-order valence-corrected chi connectivity index (χ4v) is 2.11. The summed E-state index contributed by atoms with van der Waals surface area (Å²) in [5, 5.41) is 9.71. The first-order valence-electron chi connectivity index (χ1n) is 6.06. The molecule has 1 N–H and O–H groups in total. The molecule has 2 aromatic rings. The fourth-order valence-electron chi connectivity index (χ4n) is 1.88. The van der Waals surface area contributed by atoms with Crippen molar-refractivity contribution in [2.75, 3.05) is 0 Å². The van der Waals surface area contributed by atoms with Crippen molar-refractivity contribution in [3.63, 3.8) is 0 Å². The van der Waals surface area contributed by atoms with Crippen LogP contribution in [0.3, 0.4) is 0 Å². The molecule has 3 nitrogen and oxygen atoms in total. The second-order valence-electron chi connectivity index (χ2n) is 4.55. The Kier molecular flexibility index (Phi) is 4.22. The van der Waals surface area contributed by atoms with E-state index in [1.54, 1.807) is 19.2 Å². The molecule has 0 saturated carbocycles. The number of benzene rings is 1. The SMILES string of the molecule is Cc1cc(Oc2ncccc2C(C)O)cc(C)c1Br.